The molecule has 0 spiro atoms. The Kier molecular flexibility index (Phi) is 8.25. The highest BCUT2D eigenvalue weighted by atomic mass is 32.2. The van der Waals surface area contributed by atoms with Crippen LogP contribution in [-0.4, -0.2) is 88.1 Å². The summed E-state index contributed by atoms with van der Waals surface area (Å²) in [5, 5.41) is 19.4. The number of aromatic nitrogens is 2. The van der Waals surface area contributed by atoms with Gasteiger partial charge < -0.3 is 21.0 Å². The molecule has 4 aliphatic rings. The van der Waals surface area contributed by atoms with Gasteiger partial charge in [0.2, 0.25) is 11.5 Å². The molecule has 3 aliphatic heterocycles. The minimum atomic E-state index is -1.16. The predicted octanol–water partition coefficient (Wildman–Crippen LogP) is 0.805. The van der Waals surface area contributed by atoms with Crippen molar-refractivity contribution < 1.29 is 24.3 Å². The fourth-order valence-electron chi connectivity index (χ4n) is 4.04. The van der Waals surface area contributed by atoms with Gasteiger partial charge in [0.05, 0.1) is 12.5 Å². The van der Waals surface area contributed by atoms with Crippen LogP contribution in [0.1, 0.15) is 25.1 Å². The van der Waals surface area contributed by atoms with E-state index < -0.39 is 29.2 Å². The molecule has 198 valence electrons. The molecule has 13 nitrogen and oxygen atoms in total. The summed E-state index contributed by atoms with van der Waals surface area (Å²) < 4.78 is 6.11. The number of anilines is 1. The standard InChI is InChI=1S/C20H24N8O5S4/c21-20-24-15(26-37-20)12(25-33-11-4-2-1-3-5-11)16(29)23-13-17(30)28-14(19(31)32)10(6-34-18(13)28)7-35-27-8-22-9-36-27/h2,4,11,13,18,22H,1,3,5-9H2,(H,23,29)(H,31,32)(H2,21,24,26)/b25-12-/t11?,13?,18-/m1/s1. The normalized spacial score (nSPS) is 26.2. The number of nitrogen functional groups attached to an aromatic ring is 1. The van der Waals surface area contributed by atoms with E-state index in [-0.39, 0.29) is 28.5 Å². The van der Waals surface area contributed by atoms with Gasteiger partial charge >= 0.3 is 5.97 Å². The number of rotatable bonds is 9. The SMILES string of the molecule is Nc1nc(/C(=N/OC2C=CCCC2)C(=O)NC2C(=O)N3C(C(=O)O)=C(CSN4CNCS4)CS[C@H]23)ns1. The molecule has 5 N–H and O–H groups in total. The molecule has 2 amide bonds. The molecule has 4 heterocycles. The highest BCUT2D eigenvalue weighted by Crippen LogP contribution is 2.41. The highest BCUT2D eigenvalue weighted by Gasteiger charge is 2.54. The van der Waals surface area contributed by atoms with Crippen LogP contribution in [0.5, 0.6) is 0 Å². The van der Waals surface area contributed by atoms with Crippen LogP contribution in [0.2, 0.25) is 0 Å². The first-order valence-corrected chi connectivity index (χ1v) is 15.1. The van der Waals surface area contributed by atoms with E-state index in [9.17, 15) is 19.5 Å². The van der Waals surface area contributed by atoms with Crippen LogP contribution < -0.4 is 16.4 Å². The lowest BCUT2D eigenvalue weighted by Gasteiger charge is -2.49. The molecule has 5 rings (SSSR count). The topological polar surface area (TPSA) is 175 Å². The second kappa shape index (κ2) is 11.6. The van der Waals surface area contributed by atoms with E-state index >= 15 is 0 Å². The molecule has 0 aromatic carbocycles. The molecule has 0 radical (unpaired) electrons. The van der Waals surface area contributed by atoms with Gasteiger partial charge in [-0.25, -0.2) is 4.79 Å². The van der Waals surface area contributed by atoms with Crippen LogP contribution in [0.3, 0.4) is 0 Å². The van der Waals surface area contributed by atoms with E-state index in [2.05, 4.69) is 25.1 Å². The summed E-state index contributed by atoms with van der Waals surface area (Å²) in [6.45, 7) is 0.696. The summed E-state index contributed by atoms with van der Waals surface area (Å²) in [4.78, 5) is 49.2. The number of amides is 2. The van der Waals surface area contributed by atoms with Gasteiger partial charge in [-0.05, 0) is 30.9 Å². The van der Waals surface area contributed by atoms with E-state index in [1.165, 1.54) is 28.6 Å². The third-order valence-electron chi connectivity index (χ3n) is 5.83. The van der Waals surface area contributed by atoms with Gasteiger partial charge in [0.25, 0.3) is 11.8 Å². The first-order valence-electron chi connectivity index (χ1n) is 11.4. The molecular formula is C20H24N8O5S4. The summed E-state index contributed by atoms with van der Waals surface area (Å²) in [5.74, 6) is -0.664. The fourth-order valence-corrected chi connectivity index (χ4v) is 7.80. The van der Waals surface area contributed by atoms with Gasteiger partial charge in [0.1, 0.15) is 23.2 Å². The number of hydrogen-bond acceptors (Lipinski definition) is 14. The Morgan fingerprint density at radius 1 is 1.43 bits per heavy atom. The van der Waals surface area contributed by atoms with Crippen molar-refractivity contribution in [1.29, 1.82) is 0 Å². The maximum absolute atomic E-state index is 13.2. The zero-order valence-electron chi connectivity index (χ0n) is 19.4. The zero-order chi connectivity index (χ0) is 25.9. The number of hydrogen-bond donors (Lipinski definition) is 4. The maximum Gasteiger partial charge on any atom is 0.352 e. The lowest BCUT2D eigenvalue weighted by molar-refractivity contribution is -0.150. The van der Waals surface area contributed by atoms with E-state index in [1.807, 2.05) is 15.9 Å². The monoisotopic (exact) mass is 584 g/mol. The van der Waals surface area contributed by atoms with Crippen molar-refractivity contribution in [3.8, 4) is 0 Å². The minimum absolute atomic E-state index is 0.000538. The van der Waals surface area contributed by atoms with Crippen molar-refractivity contribution in [1.82, 2.24) is 28.6 Å². The largest absolute Gasteiger partial charge is 0.477 e. The second-order valence-electron chi connectivity index (χ2n) is 8.31. The Morgan fingerprint density at radius 3 is 2.97 bits per heavy atom. The third kappa shape index (κ3) is 5.75. The van der Waals surface area contributed by atoms with Crippen molar-refractivity contribution in [3.63, 3.8) is 0 Å². The first-order chi connectivity index (χ1) is 17.9. The van der Waals surface area contributed by atoms with Crippen LogP contribution in [0.4, 0.5) is 5.13 Å². The van der Waals surface area contributed by atoms with Gasteiger partial charge in [-0.2, -0.15) is 13.1 Å². The van der Waals surface area contributed by atoms with Crippen molar-refractivity contribution in [2.75, 3.05) is 29.8 Å². The Balaban J connectivity index is 1.29. The van der Waals surface area contributed by atoms with Crippen molar-refractivity contribution in [2.45, 2.75) is 36.8 Å². The minimum Gasteiger partial charge on any atom is -0.477 e. The van der Waals surface area contributed by atoms with Crippen molar-refractivity contribution in [2.24, 2.45) is 5.16 Å². The average molecular weight is 585 g/mol. The van der Waals surface area contributed by atoms with Gasteiger partial charge in [-0.1, -0.05) is 35.1 Å². The molecule has 0 saturated carbocycles. The number of carbonyl (C=O) groups excluding carboxylic acids is 2. The summed E-state index contributed by atoms with van der Waals surface area (Å²) in [7, 11) is 0. The number of fused-ring (bicyclic) bond motifs is 1. The number of thioether (sulfide) groups is 1. The average Bonchev–Trinajstić information content (AvgIpc) is 3.58. The zero-order valence-corrected chi connectivity index (χ0v) is 22.6. The number of carboxylic acids is 1. The van der Waals surface area contributed by atoms with E-state index in [1.54, 1.807) is 11.9 Å². The highest BCUT2D eigenvalue weighted by molar-refractivity contribution is 8.12. The van der Waals surface area contributed by atoms with Crippen LogP contribution in [-0.2, 0) is 19.2 Å². The van der Waals surface area contributed by atoms with Gasteiger partial charge in [-0.15, -0.1) is 11.8 Å². The van der Waals surface area contributed by atoms with Crippen LogP contribution in [0.25, 0.3) is 0 Å². The lowest BCUT2D eigenvalue weighted by Crippen LogP contribution is -2.71. The lowest BCUT2D eigenvalue weighted by atomic mass is 10.0. The van der Waals surface area contributed by atoms with Crippen LogP contribution in [0.15, 0.2) is 28.6 Å². The quantitative estimate of drug-likeness (QED) is 0.106. The molecule has 17 heteroatoms. The Labute approximate surface area is 229 Å². The fraction of sp³-hybridized carbons (Fsp3) is 0.500. The van der Waals surface area contributed by atoms with Gasteiger partial charge in [-0.3, -0.25) is 19.8 Å². The first kappa shape index (κ1) is 26.3. The second-order valence-corrected chi connectivity index (χ2v) is 12.4. The number of carbonyl (C=O) groups is 3. The molecule has 2 unspecified atom stereocenters. The molecule has 0 bridgehead atoms. The van der Waals surface area contributed by atoms with Crippen molar-refractivity contribution >= 4 is 75.8 Å². The van der Waals surface area contributed by atoms with Crippen LogP contribution >= 0.6 is 47.2 Å². The Morgan fingerprint density at radius 2 is 2.30 bits per heavy atom. The molecule has 1 aliphatic carbocycles. The maximum atomic E-state index is 13.2. The number of nitrogens with one attached hydrogen (secondary N) is 2. The number of oxime groups is 1. The molecule has 37 heavy (non-hydrogen) atoms. The summed E-state index contributed by atoms with van der Waals surface area (Å²) in [6, 6.07) is -0.921. The summed E-state index contributed by atoms with van der Waals surface area (Å²) in [6.07, 6.45) is 6.25. The van der Waals surface area contributed by atoms with Gasteiger partial charge in [0, 0.05) is 23.0 Å². The number of β-lactam (4-membered cyclic amide) rings is 1. The number of carboxylic acid groups (broad SMARTS) is 1. The van der Waals surface area contributed by atoms with E-state index in [4.69, 9.17) is 10.6 Å². The Bertz CT molecular complexity index is 1170. The summed E-state index contributed by atoms with van der Waals surface area (Å²) in [5.41, 5.74) is 6.16. The smallest absolute Gasteiger partial charge is 0.352 e. The van der Waals surface area contributed by atoms with Gasteiger partial charge in [0.15, 0.2) is 5.13 Å². The Hall–Kier alpha value is -2.31. The number of aliphatic carboxylic acids is 1. The van der Waals surface area contributed by atoms with E-state index in [0.29, 0.717) is 23.7 Å². The molecule has 2 fully saturated rings. The third-order valence-corrected chi connectivity index (χ3v) is 9.99. The molecule has 2 saturated heterocycles. The number of allylic oxidation sites excluding steroid dienone is 1. The molecule has 1 aromatic heterocycles. The number of nitrogens with two attached hydrogens (primary N) is 1. The number of nitrogens with zero attached hydrogens (tertiary/aromatic N) is 5. The molecule has 1 aromatic rings. The molecule has 3 atom stereocenters. The van der Waals surface area contributed by atoms with E-state index in [0.717, 1.165) is 36.7 Å². The molecular weight excluding hydrogens is 561 g/mol. The predicted molar refractivity (Wildman–Crippen MR) is 143 cm³/mol. The van der Waals surface area contributed by atoms with Crippen LogP contribution in [0, 0.1) is 0 Å². The van der Waals surface area contributed by atoms with Crippen molar-refractivity contribution in [3.05, 3.63) is 29.2 Å². The summed E-state index contributed by atoms with van der Waals surface area (Å²) >= 11 is 5.45.